The summed E-state index contributed by atoms with van der Waals surface area (Å²) < 4.78 is 44.2. The summed E-state index contributed by atoms with van der Waals surface area (Å²) in [6.45, 7) is 11.0. The predicted octanol–water partition coefficient (Wildman–Crippen LogP) is 5.21. The molecule has 2 aliphatic rings. The van der Waals surface area contributed by atoms with Gasteiger partial charge in [-0.05, 0) is 83.6 Å². The second-order valence-electron chi connectivity index (χ2n) is 19.6. The number of hydrogen-bond donors (Lipinski definition) is 8. The van der Waals surface area contributed by atoms with Crippen LogP contribution in [0.5, 0.6) is 0 Å². The molecule has 2 amide bonds. The van der Waals surface area contributed by atoms with Crippen LogP contribution in [-0.2, 0) is 36.9 Å². The number of hydrazine groups is 2. The molecule has 85 heavy (non-hydrogen) atoms. The van der Waals surface area contributed by atoms with Gasteiger partial charge in [-0.3, -0.25) is 50.0 Å². The first-order valence-corrected chi connectivity index (χ1v) is 27.8. The Balaban J connectivity index is 0.000000238. The zero-order chi connectivity index (χ0) is 61.4. The van der Waals surface area contributed by atoms with Crippen LogP contribution >= 0.6 is 23.2 Å². The Morgan fingerprint density at radius 3 is 1.44 bits per heavy atom. The van der Waals surface area contributed by atoms with E-state index in [9.17, 15) is 47.8 Å². The van der Waals surface area contributed by atoms with E-state index in [0.29, 0.717) is 69.7 Å². The summed E-state index contributed by atoms with van der Waals surface area (Å²) in [5.41, 5.74) is 8.49. The fraction of sp³-hybridized carbons (Fsp3) is 0.379. The maximum absolute atomic E-state index is 14.3. The molecule has 2 atom stereocenters. The van der Waals surface area contributed by atoms with Gasteiger partial charge in [0.15, 0.2) is 23.8 Å². The minimum atomic E-state index is -1.76. The fourth-order valence-electron chi connectivity index (χ4n) is 8.47. The molecule has 6 aromatic rings. The van der Waals surface area contributed by atoms with Crippen molar-refractivity contribution in [2.45, 2.75) is 52.0 Å². The van der Waals surface area contributed by atoms with Gasteiger partial charge in [0.2, 0.25) is 0 Å². The Hall–Kier alpha value is -7.40. The number of ketones is 2. The number of aromatic nitrogens is 4. The number of aromatic amines is 2. The predicted molar refractivity (Wildman–Crippen MR) is 308 cm³/mol. The number of benzene rings is 4. The highest BCUT2D eigenvalue weighted by Gasteiger charge is 2.25. The summed E-state index contributed by atoms with van der Waals surface area (Å²) in [6, 6.07) is 24.6. The summed E-state index contributed by atoms with van der Waals surface area (Å²) in [4.78, 5) is 76.5. The van der Waals surface area contributed by atoms with Crippen LogP contribution < -0.4 is 10.9 Å². The fourth-order valence-corrected chi connectivity index (χ4v) is 8.82. The summed E-state index contributed by atoms with van der Waals surface area (Å²) >= 11 is 12.0. The van der Waals surface area contributed by atoms with Crippen molar-refractivity contribution in [2.24, 2.45) is 0 Å². The van der Waals surface area contributed by atoms with Gasteiger partial charge in [-0.2, -0.15) is 10.2 Å². The number of halogens is 4. The van der Waals surface area contributed by atoms with Crippen molar-refractivity contribution in [1.82, 2.24) is 51.1 Å². The van der Waals surface area contributed by atoms with Crippen LogP contribution in [-0.4, -0.2) is 200 Å². The molecule has 4 aromatic carbocycles. The number of aliphatic hydroxyl groups is 3. The molecule has 8 rings (SSSR count). The van der Waals surface area contributed by atoms with E-state index in [1.165, 1.54) is 72.4 Å². The van der Waals surface area contributed by atoms with E-state index in [1.807, 2.05) is 0 Å². The Morgan fingerprint density at radius 2 is 1.05 bits per heavy atom. The molecule has 0 unspecified atom stereocenters. The number of carboxylic acid groups (broad SMARTS) is 1. The maximum atomic E-state index is 14.3. The Bertz CT molecular complexity index is 3160. The molecule has 2 aromatic heterocycles. The van der Waals surface area contributed by atoms with Crippen LogP contribution in [0.25, 0.3) is 22.3 Å². The van der Waals surface area contributed by atoms with Crippen molar-refractivity contribution in [3.05, 3.63) is 153 Å². The van der Waals surface area contributed by atoms with E-state index < -0.39 is 54.1 Å². The second-order valence-corrected chi connectivity index (χ2v) is 20.5. The van der Waals surface area contributed by atoms with E-state index >= 15 is 0 Å². The van der Waals surface area contributed by atoms with E-state index in [1.54, 1.807) is 48.5 Å². The molecular formula is C58H68Cl2F2N10O13. The molecule has 2 aliphatic heterocycles. The van der Waals surface area contributed by atoms with Gasteiger partial charge in [-0.15, -0.1) is 0 Å². The number of H-pyrrole nitrogens is 2. The van der Waals surface area contributed by atoms with E-state index in [0.717, 1.165) is 58.9 Å². The van der Waals surface area contributed by atoms with Crippen molar-refractivity contribution < 1.29 is 72.2 Å². The number of carbonyl (C=O) groups excluding carboxylic acids is 5. The minimum Gasteiger partial charge on any atom is -0.479 e. The molecule has 0 saturated carbocycles. The molecular weight excluding hydrogens is 1150 g/mol. The second kappa shape index (κ2) is 33.9. The molecule has 4 heterocycles. The smallest absolute Gasteiger partial charge is 0.336 e. The molecule has 0 radical (unpaired) electrons. The molecule has 2 fully saturated rings. The van der Waals surface area contributed by atoms with E-state index in [4.69, 9.17) is 47.6 Å². The average molecular weight is 1220 g/mol. The number of aliphatic carboxylic acids is 1. The number of carbonyl (C=O) groups is 6. The molecule has 23 nitrogen and oxygen atoms in total. The van der Waals surface area contributed by atoms with Crippen LogP contribution in [0.15, 0.2) is 97.1 Å². The minimum absolute atomic E-state index is 0.0122. The topological polar surface area (TPSA) is 305 Å². The van der Waals surface area contributed by atoms with Gasteiger partial charge in [0.05, 0.1) is 46.1 Å². The number of nitrogens with one attached hydrogen (secondary N) is 4. The van der Waals surface area contributed by atoms with E-state index in [2.05, 4.69) is 41.0 Å². The zero-order valence-electron chi connectivity index (χ0n) is 46.8. The number of esters is 1. The van der Waals surface area contributed by atoms with Gasteiger partial charge < -0.3 is 34.6 Å². The molecule has 0 spiro atoms. The maximum Gasteiger partial charge on any atom is 0.336 e. The van der Waals surface area contributed by atoms with E-state index in [-0.39, 0.29) is 60.6 Å². The highest BCUT2D eigenvalue weighted by molar-refractivity contribution is 6.31. The van der Waals surface area contributed by atoms with Crippen LogP contribution in [0.4, 0.5) is 8.78 Å². The number of aliphatic hydroxyl groups excluding tert-OH is 3. The molecule has 0 aliphatic carbocycles. The standard InChI is InChI=1S/C29H33ClFN5O6.C22H20ClFN4O5.C7H15NO2/c1-19(37)25-16-26(33-32-25)28(39)34-36(18-27(38)29(40)42-12-2-9-35-10-13-41-14-11-35)17-20-3-5-21(6-4-20)23-15-22(30)7-8-24(23)31;1-12(29)18-9-19(26-25-18)21(31)27-28(11-20(30)22(32)33)10-13-2-4-14(5-3-13)16-8-15(23)6-7-17(16)24;9-5-1-2-8-3-6-10-7-4-8/h3-8,15-16,27,38H,2,9-14,17-18H2,1H3,(H,32,33)(H,34,39);2-9,20,30H,10-11H2,1H3,(H,25,26)(H,27,31)(H,32,33);9H,1-7H2/t27-;20-;/m11./s1. The van der Waals surface area contributed by atoms with Crippen LogP contribution in [0, 0.1) is 11.6 Å². The average Bonchev–Trinajstić information content (AvgIpc) is 4.37. The first-order valence-electron chi connectivity index (χ1n) is 27.1. The van der Waals surface area contributed by atoms with Gasteiger partial charge in [-0.25, -0.2) is 28.4 Å². The number of nitrogens with zero attached hydrogens (tertiary/aromatic N) is 6. The highest BCUT2D eigenvalue weighted by atomic mass is 35.5. The lowest BCUT2D eigenvalue weighted by atomic mass is 10.0. The lowest BCUT2D eigenvalue weighted by molar-refractivity contribution is -0.155. The van der Waals surface area contributed by atoms with Crippen LogP contribution in [0.3, 0.4) is 0 Å². The quantitative estimate of drug-likeness (QED) is 0.0158. The third-order valence-corrected chi connectivity index (χ3v) is 13.5. The molecule has 2 saturated heterocycles. The van der Waals surface area contributed by atoms with Crippen molar-refractivity contribution in [2.75, 3.05) is 92.0 Å². The van der Waals surface area contributed by atoms with Crippen molar-refractivity contribution >= 4 is 58.5 Å². The van der Waals surface area contributed by atoms with Crippen molar-refractivity contribution in [3.8, 4) is 22.3 Å². The molecule has 456 valence electrons. The number of ether oxygens (including phenoxy) is 3. The number of Topliss-reactive ketones (excluding diaryl/α,β-unsaturated/α-hetero) is 2. The first-order chi connectivity index (χ1) is 40.8. The largest absolute Gasteiger partial charge is 0.479 e. The Morgan fingerprint density at radius 1 is 0.635 bits per heavy atom. The van der Waals surface area contributed by atoms with Gasteiger partial charge in [-0.1, -0.05) is 71.7 Å². The van der Waals surface area contributed by atoms with Gasteiger partial charge in [0.1, 0.15) is 34.4 Å². The molecule has 27 heteroatoms. The number of rotatable bonds is 25. The highest BCUT2D eigenvalue weighted by Crippen LogP contribution is 2.28. The van der Waals surface area contributed by atoms with Crippen LogP contribution in [0.2, 0.25) is 10.0 Å². The molecule has 0 bridgehead atoms. The lowest BCUT2D eigenvalue weighted by Crippen LogP contribution is -2.47. The zero-order valence-corrected chi connectivity index (χ0v) is 48.3. The third-order valence-electron chi connectivity index (χ3n) is 13.1. The first kappa shape index (κ1) is 66.7. The Labute approximate surface area is 498 Å². The number of carboxylic acids is 1. The number of hydrogen-bond acceptors (Lipinski definition) is 18. The molecule has 8 N–H and O–H groups in total. The SMILES string of the molecule is CC(=O)c1cc(C(=O)NN(Cc2ccc(-c3cc(Cl)ccc3F)cc2)C[C@@H](O)C(=O)O)[nH]n1.CC(=O)c1cc(C(=O)NN(Cc2ccc(-c3cc(Cl)ccc3F)cc2)C[C@@H](O)C(=O)OCCCN2CCOCC2)[nH]n1.OCCCN1CCOCC1. The monoisotopic (exact) mass is 1220 g/mol. The number of amides is 2. The lowest BCUT2D eigenvalue weighted by Gasteiger charge is -2.26. The summed E-state index contributed by atoms with van der Waals surface area (Å²) in [6.07, 6.45) is -1.82. The van der Waals surface area contributed by atoms with Gasteiger partial charge in [0, 0.05) is 94.0 Å². The number of morpholine rings is 2. The van der Waals surface area contributed by atoms with Crippen LogP contribution in [0.1, 0.15) is 79.8 Å². The Kier molecular flexibility index (Phi) is 26.6. The van der Waals surface area contributed by atoms with Crippen molar-refractivity contribution in [1.29, 1.82) is 0 Å². The van der Waals surface area contributed by atoms with Crippen molar-refractivity contribution in [3.63, 3.8) is 0 Å². The summed E-state index contributed by atoms with van der Waals surface area (Å²) in [5.74, 6) is -5.08. The van der Waals surface area contributed by atoms with Gasteiger partial charge >= 0.3 is 11.9 Å². The normalized spacial score (nSPS) is 14.3. The summed E-state index contributed by atoms with van der Waals surface area (Å²) in [5, 5.41) is 53.8. The summed E-state index contributed by atoms with van der Waals surface area (Å²) in [7, 11) is 0. The van der Waals surface area contributed by atoms with Gasteiger partial charge in [0.25, 0.3) is 11.8 Å². The third kappa shape index (κ3) is 21.9.